The van der Waals surface area contributed by atoms with Gasteiger partial charge in [0, 0.05) is 36.9 Å². The Balaban J connectivity index is 1.36. The number of thiophene rings is 1. The van der Waals surface area contributed by atoms with Crippen LogP contribution in [-0.4, -0.2) is 33.0 Å². The topological polar surface area (TPSA) is 67.2 Å². The predicted octanol–water partition coefficient (Wildman–Crippen LogP) is 3.68. The molecule has 0 aliphatic carbocycles. The largest absolute Gasteiger partial charge is 0.338 e. The smallest absolute Gasteiger partial charge is 0.226 e. The van der Waals surface area contributed by atoms with E-state index in [2.05, 4.69) is 21.9 Å². The summed E-state index contributed by atoms with van der Waals surface area (Å²) in [5.41, 5.74) is 2.57. The highest BCUT2D eigenvalue weighted by Crippen LogP contribution is 2.24. The number of hydrogen-bond donors (Lipinski definition) is 1. The summed E-state index contributed by atoms with van der Waals surface area (Å²) >= 11 is 1.73. The SMILES string of the molecule is Cc1cc(NC(=O)CCC(=O)N2CCc3sccc3C2)n(-c2ccc(F)cc2)n1. The van der Waals surface area contributed by atoms with Gasteiger partial charge in [0.05, 0.1) is 11.4 Å². The van der Waals surface area contributed by atoms with Crippen molar-refractivity contribution in [2.24, 2.45) is 0 Å². The molecule has 1 aliphatic heterocycles. The number of rotatable bonds is 5. The zero-order chi connectivity index (χ0) is 20.4. The Labute approximate surface area is 172 Å². The molecule has 0 radical (unpaired) electrons. The van der Waals surface area contributed by atoms with Gasteiger partial charge in [0.25, 0.3) is 0 Å². The first-order chi connectivity index (χ1) is 14.0. The minimum atomic E-state index is -0.339. The van der Waals surface area contributed by atoms with Crippen molar-refractivity contribution >= 4 is 29.0 Å². The molecule has 1 aliphatic rings. The summed E-state index contributed by atoms with van der Waals surface area (Å²) < 4.78 is 14.7. The van der Waals surface area contributed by atoms with Crippen molar-refractivity contribution in [3.63, 3.8) is 0 Å². The summed E-state index contributed by atoms with van der Waals surface area (Å²) in [6.07, 6.45) is 1.13. The third-order valence-corrected chi connectivity index (χ3v) is 5.92. The number of benzene rings is 1. The minimum Gasteiger partial charge on any atom is -0.338 e. The van der Waals surface area contributed by atoms with E-state index in [-0.39, 0.29) is 30.5 Å². The number of aromatic nitrogens is 2. The number of aryl methyl sites for hydroxylation is 1. The number of carbonyl (C=O) groups is 2. The molecule has 29 heavy (non-hydrogen) atoms. The monoisotopic (exact) mass is 412 g/mol. The molecule has 1 aromatic carbocycles. The maximum Gasteiger partial charge on any atom is 0.226 e. The molecule has 0 bridgehead atoms. The molecule has 2 aromatic heterocycles. The van der Waals surface area contributed by atoms with Gasteiger partial charge in [0.2, 0.25) is 11.8 Å². The molecule has 150 valence electrons. The van der Waals surface area contributed by atoms with Crippen LogP contribution in [0.3, 0.4) is 0 Å². The summed E-state index contributed by atoms with van der Waals surface area (Å²) in [6, 6.07) is 9.67. The van der Waals surface area contributed by atoms with Crippen LogP contribution in [0.5, 0.6) is 0 Å². The van der Waals surface area contributed by atoms with Gasteiger partial charge in [-0.3, -0.25) is 9.59 Å². The van der Waals surface area contributed by atoms with Crippen LogP contribution in [-0.2, 0) is 22.6 Å². The Kier molecular flexibility index (Phi) is 5.44. The number of carbonyl (C=O) groups excluding carboxylic acids is 2. The van der Waals surface area contributed by atoms with Crippen molar-refractivity contribution in [1.82, 2.24) is 14.7 Å². The van der Waals surface area contributed by atoms with Gasteiger partial charge in [0.1, 0.15) is 11.6 Å². The van der Waals surface area contributed by atoms with Gasteiger partial charge < -0.3 is 10.2 Å². The van der Waals surface area contributed by atoms with Crippen molar-refractivity contribution in [1.29, 1.82) is 0 Å². The lowest BCUT2D eigenvalue weighted by atomic mass is 10.1. The lowest BCUT2D eigenvalue weighted by Crippen LogP contribution is -2.35. The minimum absolute atomic E-state index is 0.0137. The Bertz CT molecular complexity index is 1040. The zero-order valence-corrected chi connectivity index (χ0v) is 16.8. The molecule has 8 heteroatoms. The van der Waals surface area contributed by atoms with Crippen LogP contribution in [0, 0.1) is 12.7 Å². The number of fused-ring (bicyclic) bond motifs is 1. The summed E-state index contributed by atoms with van der Waals surface area (Å²) in [5, 5.41) is 9.22. The highest BCUT2D eigenvalue weighted by atomic mass is 32.1. The van der Waals surface area contributed by atoms with Gasteiger partial charge in [-0.2, -0.15) is 5.10 Å². The molecular formula is C21H21FN4O2S. The Morgan fingerprint density at radius 2 is 2.00 bits per heavy atom. The molecular weight excluding hydrogens is 391 g/mol. The first kappa shape index (κ1) is 19.3. The number of amides is 2. The molecule has 0 atom stereocenters. The Morgan fingerprint density at radius 1 is 1.21 bits per heavy atom. The average molecular weight is 412 g/mol. The fourth-order valence-electron chi connectivity index (χ4n) is 3.41. The molecule has 2 amide bonds. The molecule has 6 nitrogen and oxygen atoms in total. The van der Waals surface area contributed by atoms with E-state index in [1.54, 1.807) is 34.2 Å². The first-order valence-corrected chi connectivity index (χ1v) is 10.3. The molecule has 1 N–H and O–H groups in total. The standard InChI is InChI=1S/C21H21FN4O2S/c1-14-12-19(26(24-14)17-4-2-16(22)3-5-17)23-20(27)6-7-21(28)25-10-8-18-15(13-25)9-11-29-18/h2-5,9,11-12H,6-8,10,13H2,1H3,(H,23,27). The van der Waals surface area contributed by atoms with Gasteiger partial charge in [-0.25, -0.2) is 9.07 Å². The van der Waals surface area contributed by atoms with E-state index in [0.29, 0.717) is 24.6 Å². The summed E-state index contributed by atoms with van der Waals surface area (Å²) in [7, 11) is 0. The normalized spacial score (nSPS) is 13.2. The van der Waals surface area contributed by atoms with E-state index in [0.717, 1.165) is 12.1 Å². The Hall–Kier alpha value is -3.00. The van der Waals surface area contributed by atoms with Gasteiger partial charge >= 0.3 is 0 Å². The van der Waals surface area contributed by atoms with Crippen LogP contribution in [0.25, 0.3) is 5.69 Å². The molecule has 0 fully saturated rings. The van der Waals surface area contributed by atoms with Crippen molar-refractivity contribution in [3.8, 4) is 5.69 Å². The van der Waals surface area contributed by atoms with E-state index >= 15 is 0 Å². The predicted molar refractivity (Wildman–Crippen MR) is 110 cm³/mol. The first-order valence-electron chi connectivity index (χ1n) is 9.45. The van der Waals surface area contributed by atoms with E-state index < -0.39 is 0 Å². The second kappa shape index (κ2) is 8.16. The van der Waals surface area contributed by atoms with E-state index in [9.17, 15) is 14.0 Å². The zero-order valence-electron chi connectivity index (χ0n) is 16.0. The Morgan fingerprint density at radius 3 is 2.79 bits per heavy atom. The van der Waals surface area contributed by atoms with Gasteiger partial charge in [0.15, 0.2) is 0 Å². The second-order valence-corrected chi connectivity index (χ2v) is 8.04. The van der Waals surface area contributed by atoms with Crippen molar-refractivity contribution < 1.29 is 14.0 Å². The van der Waals surface area contributed by atoms with Crippen molar-refractivity contribution in [2.75, 3.05) is 11.9 Å². The van der Waals surface area contributed by atoms with Gasteiger partial charge in [-0.15, -0.1) is 11.3 Å². The third kappa shape index (κ3) is 4.37. The van der Waals surface area contributed by atoms with E-state index in [1.165, 1.54) is 22.6 Å². The average Bonchev–Trinajstić information content (AvgIpc) is 3.32. The summed E-state index contributed by atoms with van der Waals surface area (Å²) in [5.74, 6) is -0.114. The van der Waals surface area contributed by atoms with Crippen LogP contribution in [0.15, 0.2) is 41.8 Å². The van der Waals surface area contributed by atoms with Crippen LogP contribution < -0.4 is 5.32 Å². The number of halogens is 1. The fraction of sp³-hybridized carbons (Fsp3) is 0.286. The highest BCUT2D eigenvalue weighted by Gasteiger charge is 2.22. The molecule has 0 saturated carbocycles. The lowest BCUT2D eigenvalue weighted by Gasteiger charge is -2.27. The van der Waals surface area contributed by atoms with E-state index in [1.807, 2.05) is 11.8 Å². The third-order valence-electron chi connectivity index (χ3n) is 4.90. The molecule has 0 saturated heterocycles. The second-order valence-electron chi connectivity index (χ2n) is 7.04. The van der Waals surface area contributed by atoms with Crippen molar-refractivity contribution in [2.45, 2.75) is 32.7 Å². The van der Waals surface area contributed by atoms with Gasteiger partial charge in [-0.05, 0) is 54.6 Å². The van der Waals surface area contributed by atoms with Crippen LogP contribution in [0.2, 0.25) is 0 Å². The maximum atomic E-state index is 13.2. The molecule has 0 spiro atoms. The number of nitrogens with zero attached hydrogens (tertiary/aromatic N) is 3. The van der Waals surface area contributed by atoms with Crippen LogP contribution in [0.4, 0.5) is 10.2 Å². The van der Waals surface area contributed by atoms with Crippen LogP contribution in [0.1, 0.15) is 29.0 Å². The maximum absolute atomic E-state index is 13.2. The highest BCUT2D eigenvalue weighted by molar-refractivity contribution is 7.10. The fourth-order valence-corrected chi connectivity index (χ4v) is 4.30. The summed E-state index contributed by atoms with van der Waals surface area (Å²) in [4.78, 5) is 28.1. The van der Waals surface area contributed by atoms with Gasteiger partial charge in [-0.1, -0.05) is 0 Å². The van der Waals surface area contributed by atoms with Crippen LogP contribution >= 0.6 is 11.3 Å². The molecule has 3 heterocycles. The van der Waals surface area contributed by atoms with E-state index in [4.69, 9.17) is 0 Å². The number of hydrogen-bond acceptors (Lipinski definition) is 4. The molecule has 0 unspecified atom stereocenters. The number of anilines is 1. The molecule has 3 aromatic rings. The van der Waals surface area contributed by atoms with Crippen molar-refractivity contribution in [3.05, 3.63) is 63.7 Å². The quantitative estimate of drug-likeness (QED) is 0.695. The molecule has 4 rings (SSSR count). The lowest BCUT2D eigenvalue weighted by molar-refractivity contribution is -0.133. The number of nitrogens with one attached hydrogen (secondary N) is 1. The summed E-state index contributed by atoms with van der Waals surface area (Å²) in [6.45, 7) is 3.13.